The molecule has 0 spiro atoms. The van der Waals surface area contributed by atoms with E-state index in [4.69, 9.17) is 4.98 Å². The monoisotopic (exact) mass is 480 g/mol. The first-order chi connectivity index (χ1) is 15.6. The molecular formula is C23H41ClN8O. The number of anilines is 3. The first-order valence-corrected chi connectivity index (χ1v) is 12.5. The molecule has 0 radical (unpaired) electrons. The zero-order valence-corrected chi connectivity index (χ0v) is 21.0. The summed E-state index contributed by atoms with van der Waals surface area (Å²) in [5.41, 5.74) is 0. The van der Waals surface area contributed by atoms with Crippen molar-refractivity contribution >= 4 is 36.2 Å². The van der Waals surface area contributed by atoms with Gasteiger partial charge in [-0.2, -0.15) is 15.0 Å². The van der Waals surface area contributed by atoms with Gasteiger partial charge in [0.2, 0.25) is 23.8 Å². The average molecular weight is 481 g/mol. The zero-order valence-electron chi connectivity index (χ0n) is 20.2. The van der Waals surface area contributed by atoms with E-state index in [2.05, 4.69) is 42.8 Å². The first kappa shape index (κ1) is 25.7. The maximum atomic E-state index is 12.8. The molecule has 0 bridgehead atoms. The molecule has 2 unspecified atom stereocenters. The zero-order chi connectivity index (χ0) is 22.3. The van der Waals surface area contributed by atoms with Gasteiger partial charge in [0.25, 0.3) is 0 Å². The Kier molecular flexibility index (Phi) is 9.79. The molecule has 186 valence electrons. The summed E-state index contributed by atoms with van der Waals surface area (Å²) in [7, 11) is 3.97. The van der Waals surface area contributed by atoms with Crippen LogP contribution in [-0.4, -0.2) is 78.6 Å². The first-order valence-electron chi connectivity index (χ1n) is 12.5. The Morgan fingerprint density at radius 2 is 1.67 bits per heavy atom. The number of carbonyl (C=O) groups excluding carboxylic acids is 1. The van der Waals surface area contributed by atoms with E-state index in [-0.39, 0.29) is 30.3 Å². The second-order valence-corrected chi connectivity index (χ2v) is 9.78. The highest BCUT2D eigenvalue weighted by Gasteiger charge is 2.28. The molecule has 1 amide bonds. The van der Waals surface area contributed by atoms with Gasteiger partial charge < -0.3 is 25.8 Å². The predicted octanol–water partition coefficient (Wildman–Crippen LogP) is 2.75. The van der Waals surface area contributed by atoms with Gasteiger partial charge in [-0.05, 0) is 45.1 Å². The van der Waals surface area contributed by atoms with Crippen molar-refractivity contribution in [2.24, 2.45) is 11.8 Å². The summed E-state index contributed by atoms with van der Waals surface area (Å²) in [6.07, 6.45) is 10.4. The van der Waals surface area contributed by atoms with Gasteiger partial charge in [-0.15, -0.1) is 12.4 Å². The van der Waals surface area contributed by atoms with Gasteiger partial charge in [-0.1, -0.05) is 25.7 Å². The van der Waals surface area contributed by atoms with Gasteiger partial charge in [-0.25, -0.2) is 0 Å². The number of amides is 1. The Morgan fingerprint density at radius 1 is 0.939 bits per heavy atom. The molecule has 33 heavy (non-hydrogen) atoms. The van der Waals surface area contributed by atoms with E-state index in [0.29, 0.717) is 17.8 Å². The number of nitrogens with one attached hydrogen (secondary N) is 3. The van der Waals surface area contributed by atoms with Crippen LogP contribution >= 0.6 is 12.4 Å². The number of hydrogen-bond acceptors (Lipinski definition) is 8. The van der Waals surface area contributed by atoms with Gasteiger partial charge in [0, 0.05) is 51.7 Å². The van der Waals surface area contributed by atoms with Gasteiger partial charge in [0.1, 0.15) is 0 Å². The van der Waals surface area contributed by atoms with E-state index in [1.165, 1.54) is 32.1 Å². The quantitative estimate of drug-likeness (QED) is 0.548. The third-order valence-electron chi connectivity index (χ3n) is 7.30. The molecule has 9 nitrogen and oxygen atoms in total. The van der Waals surface area contributed by atoms with Crippen molar-refractivity contribution in [3.63, 3.8) is 0 Å². The minimum Gasteiger partial charge on any atom is -0.357 e. The molecule has 4 rings (SSSR count). The Morgan fingerprint density at radius 3 is 2.39 bits per heavy atom. The van der Waals surface area contributed by atoms with E-state index >= 15 is 0 Å². The molecule has 1 aromatic heterocycles. The number of aromatic nitrogens is 3. The molecule has 1 aliphatic heterocycles. The van der Waals surface area contributed by atoms with E-state index in [9.17, 15) is 4.79 Å². The molecular weight excluding hydrogens is 440 g/mol. The minimum absolute atomic E-state index is 0. The summed E-state index contributed by atoms with van der Waals surface area (Å²) in [6, 6.07) is 0.210. The molecule has 1 aromatic rings. The van der Waals surface area contributed by atoms with Crippen LogP contribution in [0.5, 0.6) is 0 Å². The topological polar surface area (TPSA) is 98.3 Å². The van der Waals surface area contributed by atoms with E-state index in [1.54, 1.807) is 0 Å². The van der Waals surface area contributed by atoms with Crippen molar-refractivity contribution in [3.8, 4) is 0 Å². The van der Waals surface area contributed by atoms with Gasteiger partial charge in [0.15, 0.2) is 0 Å². The van der Waals surface area contributed by atoms with Crippen LogP contribution in [0.2, 0.25) is 0 Å². The van der Waals surface area contributed by atoms with Crippen LogP contribution in [0.4, 0.5) is 17.8 Å². The normalized spacial score (nSPS) is 24.6. The lowest BCUT2D eigenvalue weighted by atomic mass is 9.84. The van der Waals surface area contributed by atoms with Crippen molar-refractivity contribution in [2.75, 3.05) is 62.4 Å². The molecule has 3 N–H and O–H groups in total. The highest BCUT2D eigenvalue weighted by Crippen LogP contribution is 2.28. The standard InChI is InChI=1S/C23H40N8O.ClH/c1-24-21-27-22(29-23(28-21)31-13-11-30(2)12-14-31)26-19-10-6-9-18(15-19)20(32)25-16-17-7-4-3-5-8-17;/h17-19H,3-16H2,1-2H3,(H,25,32)(H2,24,26,27,28,29);1H. The molecule has 2 saturated carbocycles. The van der Waals surface area contributed by atoms with Crippen LogP contribution in [-0.2, 0) is 4.79 Å². The second-order valence-electron chi connectivity index (χ2n) is 9.78. The van der Waals surface area contributed by atoms with Crippen LogP contribution in [0.3, 0.4) is 0 Å². The summed E-state index contributed by atoms with van der Waals surface area (Å²) in [4.78, 5) is 31.2. The highest BCUT2D eigenvalue weighted by atomic mass is 35.5. The largest absolute Gasteiger partial charge is 0.357 e. The maximum absolute atomic E-state index is 12.8. The van der Waals surface area contributed by atoms with Gasteiger partial charge in [0.05, 0.1) is 0 Å². The van der Waals surface area contributed by atoms with Crippen molar-refractivity contribution in [3.05, 3.63) is 0 Å². The molecule has 3 aliphatic rings. The smallest absolute Gasteiger partial charge is 0.232 e. The Balaban J connectivity index is 0.00000306. The Hall–Kier alpha value is -1.87. The van der Waals surface area contributed by atoms with E-state index < -0.39 is 0 Å². The lowest BCUT2D eigenvalue weighted by Gasteiger charge is -2.33. The number of likely N-dealkylation sites (N-methyl/N-ethyl adjacent to an activating group) is 1. The van der Waals surface area contributed by atoms with Crippen molar-refractivity contribution in [1.29, 1.82) is 0 Å². The van der Waals surface area contributed by atoms with Crippen LogP contribution in [0, 0.1) is 11.8 Å². The van der Waals surface area contributed by atoms with Gasteiger partial charge in [-0.3, -0.25) is 4.79 Å². The van der Waals surface area contributed by atoms with Crippen LogP contribution in [0.15, 0.2) is 0 Å². The van der Waals surface area contributed by atoms with E-state index in [1.807, 2.05) is 7.05 Å². The number of nitrogens with zero attached hydrogens (tertiary/aromatic N) is 5. The SMILES string of the molecule is CNc1nc(NC2CCCC(C(=O)NCC3CCCCC3)C2)nc(N2CCN(C)CC2)n1.Cl. The number of carbonyl (C=O) groups is 1. The number of hydrogen-bond donors (Lipinski definition) is 3. The molecule has 2 aliphatic carbocycles. The van der Waals surface area contributed by atoms with Crippen LogP contribution in [0.1, 0.15) is 57.8 Å². The van der Waals surface area contributed by atoms with Crippen LogP contribution in [0.25, 0.3) is 0 Å². The van der Waals surface area contributed by atoms with Gasteiger partial charge >= 0.3 is 0 Å². The fraction of sp³-hybridized carbons (Fsp3) is 0.826. The third-order valence-corrected chi connectivity index (χ3v) is 7.30. The summed E-state index contributed by atoms with van der Waals surface area (Å²) in [6.45, 7) is 4.68. The molecule has 2 atom stereocenters. The van der Waals surface area contributed by atoms with E-state index in [0.717, 1.165) is 64.4 Å². The molecule has 2 heterocycles. The number of piperazine rings is 1. The summed E-state index contributed by atoms with van der Waals surface area (Å²) in [5.74, 6) is 2.88. The van der Waals surface area contributed by atoms with Crippen molar-refractivity contribution in [2.45, 2.75) is 63.8 Å². The average Bonchev–Trinajstić information content (AvgIpc) is 2.83. The minimum atomic E-state index is 0. The highest BCUT2D eigenvalue weighted by molar-refractivity contribution is 5.85. The summed E-state index contributed by atoms with van der Waals surface area (Å²) in [5, 5.41) is 9.83. The van der Waals surface area contributed by atoms with Crippen molar-refractivity contribution in [1.82, 2.24) is 25.2 Å². The molecule has 10 heteroatoms. The number of halogens is 1. The summed E-state index contributed by atoms with van der Waals surface area (Å²) >= 11 is 0. The number of rotatable bonds is 7. The molecule has 1 saturated heterocycles. The fourth-order valence-corrected chi connectivity index (χ4v) is 5.21. The maximum Gasteiger partial charge on any atom is 0.232 e. The third kappa shape index (κ3) is 7.30. The lowest BCUT2D eigenvalue weighted by Crippen LogP contribution is -2.45. The lowest BCUT2D eigenvalue weighted by molar-refractivity contribution is -0.126. The predicted molar refractivity (Wildman–Crippen MR) is 135 cm³/mol. The second kappa shape index (κ2) is 12.6. The van der Waals surface area contributed by atoms with Crippen molar-refractivity contribution < 1.29 is 4.79 Å². The Labute approximate surface area is 204 Å². The van der Waals surface area contributed by atoms with Crippen LogP contribution < -0.4 is 20.9 Å². The summed E-state index contributed by atoms with van der Waals surface area (Å²) < 4.78 is 0. The fourth-order valence-electron chi connectivity index (χ4n) is 5.21. The molecule has 0 aromatic carbocycles. The Bertz CT molecular complexity index is 752. The molecule has 3 fully saturated rings.